The van der Waals surface area contributed by atoms with Crippen LogP contribution in [0.1, 0.15) is 45.2 Å². The van der Waals surface area contributed by atoms with Crippen molar-refractivity contribution >= 4 is 11.6 Å². The van der Waals surface area contributed by atoms with Gasteiger partial charge in [-0.2, -0.15) is 18.4 Å². The van der Waals surface area contributed by atoms with E-state index in [-0.39, 0.29) is 24.1 Å². The van der Waals surface area contributed by atoms with E-state index >= 15 is 0 Å². The number of fused-ring (bicyclic) bond motifs is 2. The van der Waals surface area contributed by atoms with Crippen LogP contribution in [0.2, 0.25) is 0 Å². The maximum Gasteiger partial charge on any atom is 0.417 e. The molecule has 10 heteroatoms. The van der Waals surface area contributed by atoms with Crippen molar-refractivity contribution in [2.45, 2.75) is 63.3 Å². The lowest BCUT2D eigenvalue weighted by molar-refractivity contribution is -0.139. The fourth-order valence-electron chi connectivity index (χ4n) is 5.55. The minimum absolute atomic E-state index is 0.0474. The molecule has 5 rings (SSSR count). The summed E-state index contributed by atoms with van der Waals surface area (Å²) in [7, 11) is 0. The number of nitrogens with one attached hydrogen (secondary N) is 1. The van der Waals surface area contributed by atoms with Crippen LogP contribution in [0, 0.1) is 23.2 Å². The van der Waals surface area contributed by atoms with Gasteiger partial charge in [-0.1, -0.05) is 0 Å². The van der Waals surface area contributed by atoms with Gasteiger partial charge in [0.25, 0.3) is 0 Å². The summed E-state index contributed by atoms with van der Waals surface area (Å²) in [5, 5.41) is 9.11. The van der Waals surface area contributed by atoms with Crippen LogP contribution in [-0.4, -0.2) is 35.5 Å². The second kappa shape index (κ2) is 6.72. The molecule has 3 fully saturated rings. The Kier molecular flexibility index (Phi) is 4.52. The largest absolute Gasteiger partial charge is 0.417 e. The summed E-state index contributed by atoms with van der Waals surface area (Å²) >= 11 is 0. The van der Waals surface area contributed by atoms with Gasteiger partial charge in [0.1, 0.15) is 11.8 Å². The molecule has 0 radical (unpaired) electrons. The van der Waals surface area contributed by atoms with Crippen molar-refractivity contribution < 1.29 is 32.3 Å². The molecule has 3 saturated heterocycles. The highest BCUT2D eigenvalue weighted by Gasteiger charge is 2.75. The van der Waals surface area contributed by atoms with Crippen LogP contribution in [-0.2, 0) is 25.3 Å². The van der Waals surface area contributed by atoms with Gasteiger partial charge >= 0.3 is 6.18 Å². The summed E-state index contributed by atoms with van der Waals surface area (Å²) in [5.74, 6) is -1.42. The SMILES string of the molecule is CC(C)(C)ONC1=C[C@@]23CCO[C@H]4[C@@H]2[C@H](C(=O)N4c2ccc(C#N)c(C(F)(F)F)c2)[C@]1(C)O3. The molecule has 2 bridgehead atoms. The van der Waals surface area contributed by atoms with Crippen LogP contribution in [0.5, 0.6) is 0 Å². The van der Waals surface area contributed by atoms with E-state index < -0.39 is 46.3 Å². The Morgan fingerprint density at radius 3 is 2.67 bits per heavy atom. The molecule has 0 aliphatic carbocycles. The van der Waals surface area contributed by atoms with E-state index in [0.717, 1.165) is 12.1 Å². The molecule has 1 aromatic rings. The van der Waals surface area contributed by atoms with Crippen LogP contribution < -0.4 is 10.4 Å². The normalized spacial score (nSPS) is 34.8. The Morgan fingerprint density at radius 1 is 1.30 bits per heavy atom. The fourth-order valence-corrected chi connectivity index (χ4v) is 5.55. The Morgan fingerprint density at radius 2 is 2.03 bits per heavy atom. The number of hydrogen-bond acceptors (Lipinski definition) is 6. The van der Waals surface area contributed by atoms with Gasteiger partial charge in [-0.3, -0.25) is 20.0 Å². The van der Waals surface area contributed by atoms with Crippen molar-refractivity contribution in [3.63, 3.8) is 0 Å². The standard InChI is InChI=1S/C23H24F3N3O4/c1-20(2,3)33-28-15-10-22-7-8-31-19-17(22)16(21(15,4)32-22)18(30)29(19)13-6-5-12(11-27)14(9-13)23(24,25)26/h5-6,9-10,16-17,19,28H,7-8H2,1-4H3/t16-,17+,19+,21-,22+/m1/s1. The molecule has 4 aliphatic heterocycles. The zero-order valence-electron chi connectivity index (χ0n) is 18.6. The Bertz CT molecular complexity index is 1110. The number of benzene rings is 1. The van der Waals surface area contributed by atoms with Gasteiger partial charge in [0, 0.05) is 12.1 Å². The third-order valence-electron chi connectivity index (χ3n) is 6.86. The summed E-state index contributed by atoms with van der Waals surface area (Å²) in [4.78, 5) is 20.7. The molecular weight excluding hydrogens is 439 g/mol. The summed E-state index contributed by atoms with van der Waals surface area (Å²) in [6.45, 7) is 7.73. The molecule has 1 N–H and O–H groups in total. The second-order valence-electron chi connectivity index (χ2n) is 10.1. The van der Waals surface area contributed by atoms with Crippen molar-refractivity contribution in [2.24, 2.45) is 11.8 Å². The molecule has 0 saturated carbocycles. The fraction of sp³-hybridized carbons (Fsp3) is 0.565. The van der Waals surface area contributed by atoms with Gasteiger partial charge in [-0.15, -0.1) is 0 Å². The highest BCUT2D eigenvalue weighted by molar-refractivity contribution is 6.00. The van der Waals surface area contributed by atoms with E-state index in [4.69, 9.17) is 19.6 Å². The number of carbonyl (C=O) groups excluding carboxylic acids is 1. The number of carbonyl (C=O) groups is 1. The van der Waals surface area contributed by atoms with Gasteiger partial charge in [0.05, 0.1) is 52.5 Å². The predicted molar refractivity (Wildman–Crippen MR) is 109 cm³/mol. The second-order valence-corrected chi connectivity index (χ2v) is 10.1. The van der Waals surface area contributed by atoms with E-state index in [9.17, 15) is 18.0 Å². The number of alkyl halides is 3. The summed E-state index contributed by atoms with van der Waals surface area (Å²) in [6, 6.07) is 4.87. The van der Waals surface area contributed by atoms with Gasteiger partial charge < -0.3 is 9.47 Å². The topological polar surface area (TPSA) is 83.8 Å². The maximum atomic E-state index is 13.7. The highest BCUT2D eigenvalue weighted by Crippen LogP contribution is 2.64. The van der Waals surface area contributed by atoms with Crippen molar-refractivity contribution in [1.29, 1.82) is 5.26 Å². The molecular formula is C23H24F3N3O4. The number of hydrogen-bond donors (Lipinski definition) is 1. The van der Waals surface area contributed by atoms with Crippen LogP contribution in [0.15, 0.2) is 30.0 Å². The average molecular weight is 463 g/mol. The third-order valence-corrected chi connectivity index (χ3v) is 6.86. The molecule has 0 aromatic heterocycles. The van der Waals surface area contributed by atoms with Gasteiger partial charge in [-0.05, 0) is 52.0 Å². The highest BCUT2D eigenvalue weighted by atomic mass is 19.4. The lowest BCUT2D eigenvalue weighted by atomic mass is 9.69. The van der Waals surface area contributed by atoms with E-state index in [1.807, 2.05) is 26.8 Å². The lowest BCUT2D eigenvalue weighted by Crippen LogP contribution is -2.50. The molecule has 1 amide bonds. The Labute approximate surface area is 189 Å². The van der Waals surface area contributed by atoms with E-state index in [2.05, 4.69) is 5.48 Å². The number of anilines is 1. The first-order valence-corrected chi connectivity index (χ1v) is 10.7. The van der Waals surface area contributed by atoms with Gasteiger partial charge in [0.15, 0.2) is 0 Å². The van der Waals surface area contributed by atoms with Crippen molar-refractivity contribution in [2.75, 3.05) is 11.5 Å². The molecule has 0 unspecified atom stereocenters. The van der Waals surface area contributed by atoms with E-state index in [0.29, 0.717) is 12.1 Å². The van der Waals surface area contributed by atoms with Crippen molar-refractivity contribution in [3.05, 3.63) is 41.1 Å². The monoisotopic (exact) mass is 463 g/mol. The number of amides is 1. The van der Waals surface area contributed by atoms with Crippen LogP contribution in [0.3, 0.4) is 0 Å². The zero-order valence-corrected chi connectivity index (χ0v) is 18.6. The number of hydroxylamine groups is 1. The number of halogens is 3. The van der Waals surface area contributed by atoms with E-state index in [1.165, 1.54) is 11.0 Å². The molecule has 4 heterocycles. The maximum absolute atomic E-state index is 13.7. The van der Waals surface area contributed by atoms with E-state index in [1.54, 1.807) is 13.0 Å². The summed E-state index contributed by atoms with van der Waals surface area (Å²) in [5.41, 5.74) is -0.245. The minimum atomic E-state index is -4.73. The van der Waals surface area contributed by atoms with Crippen LogP contribution in [0.4, 0.5) is 18.9 Å². The van der Waals surface area contributed by atoms with Gasteiger partial charge in [0.2, 0.25) is 5.91 Å². The Balaban J connectivity index is 1.55. The average Bonchev–Trinajstić information content (AvgIpc) is 3.28. The number of nitrogens with zero attached hydrogens (tertiary/aromatic N) is 2. The first-order chi connectivity index (χ1) is 15.3. The number of rotatable bonds is 3. The first kappa shape index (κ1) is 22.2. The molecule has 176 valence electrons. The summed E-state index contributed by atoms with van der Waals surface area (Å²) in [6.07, 6.45) is -3.05. The van der Waals surface area contributed by atoms with Crippen molar-refractivity contribution in [3.8, 4) is 6.07 Å². The Hall–Kier alpha value is -2.61. The minimum Gasteiger partial charge on any atom is -0.357 e. The molecule has 1 aromatic carbocycles. The van der Waals surface area contributed by atoms with Crippen LogP contribution in [0.25, 0.3) is 0 Å². The third kappa shape index (κ3) is 3.10. The number of nitriles is 1. The summed E-state index contributed by atoms with van der Waals surface area (Å²) < 4.78 is 53.1. The molecule has 1 spiro atoms. The van der Waals surface area contributed by atoms with Crippen LogP contribution >= 0.6 is 0 Å². The van der Waals surface area contributed by atoms with Crippen molar-refractivity contribution in [1.82, 2.24) is 5.48 Å². The molecule has 4 aliphatic rings. The number of ether oxygens (including phenoxy) is 2. The smallest absolute Gasteiger partial charge is 0.357 e. The zero-order chi connectivity index (χ0) is 24.0. The molecule has 33 heavy (non-hydrogen) atoms. The molecule has 7 nitrogen and oxygen atoms in total. The molecule has 5 atom stereocenters. The lowest BCUT2D eigenvalue weighted by Gasteiger charge is -2.40. The van der Waals surface area contributed by atoms with Gasteiger partial charge in [-0.25, -0.2) is 0 Å². The predicted octanol–water partition coefficient (Wildman–Crippen LogP) is 3.65. The quantitative estimate of drug-likeness (QED) is 0.689. The first-order valence-electron chi connectivity index (χ1n) is 10.7.